The van der Waals surface area contributed by atoms with E-state index in [-0.39, 0.29) is 14.9 Å². The highest BCUT2D eigenvalue weighted by atomic mass is 127. The summed E-state index contributed by atoms with van der Waals surface area (Å²) in [6.07, 6.45) is 3.13. The van der Waals surface area contributed by atoms with Gasteiger partial charge in [0.1, 0.15) is 11.5 Å². The summed E-state index contributed by atoms with van der Waals surface area (Å²) in [6.45, 7) is 0. The number of nitrogens with zero attached hydrogens (tertiary/aromatic N) is 3. The number of halogens is 3. The summed E-state index contributed by atoms with van der Waals surface area (Å²) in [5.74, 6) is -0.503. The molecular weight excluding hydrogens is 455 g/mol. The molecule has 0 radical (unpaired) electrons. The third kappa shape index (κ3) is 2.56. The Morgan fingerprint density at radius 1 is 1.41 bits per heavy atom. The van der Waals surface area contributed by atoms with E-state index < -0.39 is 10.7 Å². The van der Waals surface area contributed by atoms with E-state index in [0.29, 0.717) is 0 Å². The predicted octanol–water partition coefficient (Wildman–Crippen LogP) is 3.13. The molecule has 0 unspecified atom stereocenters. The number of benzene rings is 1. The summed E-state index contributed by atoms with van der Waals surface area (Å²) in [5, 5.41) is 14.8. The number of aromatic nitrogens is 2. The van der Waals surface area contributed by atoms with Crippen molar-refractivity contribution in [3.8, 4) is 5.69 Å². The first-order valence-electron chi connectivity index (χ1n) is 4.33. The van der Waals surface area contributed by atoms with Crippen LogP contribution in [0.15, 0.2) is 24.5 Å². The van der Waals surface area contributed by atoms with Crippen LogP contribution >= 0.6 is 45.2 Å². The summed E-state index contributed by atoms with van der Waals surface area (Å²) < 4.78 is 15.8. The molecule has 0 N–H and O–H groups in total. The molecule has 0 saturated heterocycles. The zero-order valence-corrected chi connectivity index (χ0v) is 12.4. The summed E-state index contributed by atoms with van der Waals surface area (Å²) >= 11 is 3.74. The van der Waals surface area contributed by atoms with Crippen molar-refractivity contribution >= 4 is 50.9 Å². The van der Waals surface area contributed by atoms with Crippen molar-refractivity contribution in [3.05, 3.63) is 47.6 Å². The number of hydrogen-bond donors (Lipinski definition) is 0. The van der Waals surface area contributed by atoms with Crippen molar-refractivity contribution in [1.82, 2.24) is 9.78 Å². The lowest BCUT2D eigenvalue weighted by atomic mass is 10.2. The van der Waals surface area contributed by atoms with Gasteiger partial charge in [-0.1, -0.05) is 0 Å². The highest BCUT2D eigenvalue weighted by Gasteiger charge is 2.19. The van der Waals surface area contributed by atoms with Gasteiger partial charge in [-0.25, -0.2) is 9.07 Å². The lowest BCUT2D eigenvalue weighted by molar-refractivity contribution is -0.384. The molecule has 0 atom stereocenters. The number of nitro groups is 1. The molecule has 17 heavy (non-hydrogen) atoms. The van der Waals surface area contributed by atoms with Gasteiger partial charge in [-0.15, -0.1) is 0 Å². The molecule has 0 aliphatic heterocycles. The highest BCUT2D eigenvalue weighted by Crippen LogP contribution is 2.27. The molecule has 1 heterocycles. The van der Waals surface area contributed by atoms with Gasteiger partial charge in [0.05, 0.1) is 18.3 Å². The number of hydrogen-bond acceptors (Lipinski definition) is 3. The molecule has 88 valence electrons. The summed E-state index contributed by atoms with van der Waals surface area (Å²) in [6, 6.07) is 2.31. The van der Waals surface area contributed by atoms with E-state index in [1.807, 2.05) is 22.6 Å². The smallest absolute Gasteiger partial charge is 0.258 e. The Hall–Kier alpha value is -0.780. The van der Waals surface area contributed by atoms with E-state index in [9.17, 15) is 14.5 Å². The topological polar surface area (TPSA) is 61.0 Å². The second-order valence-electron chi connectivity index (χ2n) is 3.12. The largest absolute Gasteiger partial charge is 0.296 e. The Balaban J connectivity index is 2.67. The Kier molecular flexibility index (Phi) is 3.61. The van der Waals surface area contributed by atoms with E-state index in [0.717, 1.165) is 9.64 Å². The first-order chi connectivity index (χ1) is 7.99. The van der Waals surface area contributed by atoms with Gasteiger partial charge in [0.2, 0.25) is 0 Å². The summed E-state index contributed by atoms with van der Waals surface area (Å²) in [4.78, 5) is 10.4. The van der Waals surface area contributed by atoms with Crippen LogP contribution in [0, 0.1) is 23.1 Å². The van der Waals surface area contributed by atoms with Gasteiger partial charge in [0, 0.05) is 18.3 Å². The van der Waals surface area contributed by atoms with Gasteiger partial charge in [-0.3, -0.25) is 10.1 Å². The fraction of sp³-hybridized carbons (Fsp3) is 0. The number of nitro benzene ring substituents is 1. The normalized spacial score (nSPS) is 10.5. The van der Waals surface area contributed by atoms with E-state index >= 15 is 0 Å². The maximum Gasteiger partial charge on any atom is 0.296 e. The third-order valence-electron chi connectivity index (χ3n) is 2.01. The first kappa shape index (κ1) is 12.7. The molecule has 8 heteroatoms. The Bertz CT molecular complexity index is 600. The minimum atomic E-state index is -0.550. The van der Waals surface area contributed by atoms with Crippen molar-refractivity contribution in [2.75, 3.05) is 0 Å². The lowest BCUT2D eigenvalue weighted by Gasteiger charge is -2.04. The molecule has 2 aromatic rings. The third-order valence-corrected chi connectivity index (χ3v) is 3.40. The second kappa shape index (κ2) is 4.84. The van der Waals surface area contributed by atoms with Crippen LogP contribution in [0.4, 0.5) is 10.1 Å². The fourth-order valence-electron chi connectivity index (χ4n) is 1.29. The van der Waals surface area contributed by atoms with Crippen LogP contribution < -0.4 is 0 Å². The molecule has 0 aliphatic rings. The Morgan fingerprint density at radius 3 is 2.65 bits per heavy atom. The highest BCUT2D eigenvalue weighted by molar-refractivity contribution is 14.1. The van der Waals surface area contributed by atoms with Crippen LogP contribution in [0.25, 0.3) is 5.69 Å². The van der Waals surface area contributed by atoms with E-state index in [1.165, 1.54) is 10.7 Å². The molecule has 0 spiro atoms. The van der Waals surface area contributed by atoms with Crippen LogP contribution in [-0.4, -0.2) is 14.7 Å². The van der Waals surface area contributed by atoms with E-state index in [1.54, 1.807) is 35.0 Å². The Labute approximate surface area is 122 Å². The van der Waals surface area contributed by atoms with Crippen LogP contribution in [0.5, 0.6) is 0 Å². The zero-order chi connectivity index (χ0) is 12.6. The molecule has 5 nitrogen and oxygen atoms in total. The standard InChI is InChI=1S/C9H4FI2N3O2/c10-6-1-8(14-4-5(11)3-13-14)9(15(16)17)2-7(6)12/h1-4H. The van der Waals surface area contributed by atoms with Crippen molar-refractivity contribution in [2.24, 2.45) is 0 Å². The van der Waals surface area contributed by atoms with Crippen LogP contribution in [0.1, 0.15) is 0 Å². The van der Waals surface area contributed by atoms with Gasteiger partial charge < -0.3 is 0 Å². The van der Waals surface area contributed by atoms with Gasteiger partial charge in [-0.05, 0) is 45.2 Å². The lowest BCUT2D eigenvalue weighted by Crippen LogP contribution is -2.02. The second-order valence-corrected chi connectivity index (χ2v) is 5.52. The molecule has 1 aromatic heterocycles. The Morgan fingerprint density at radius 2 is 2.12 bits per heavy atom. The molecule has 1 aromatic carbocycles. The van der Waals surface area contributed by atoms with Gasteiger partial charge >= 0.3 is 0 Å². The van der Waals surface area contributed by atoms with Crippen molar-refractivity contribution < 1.29 is 9.31 Å². The predicted molar refractivity (Wildman–Crippen MR) is 75.6 cm³/mol. The average molecular weight is 459 g/mol. The molecule has 2 rings (SSSR count). The van der Waals surface area contributed by atoms with Crippen LogP contribution in [-0.2, 0) is 0 Å². The average Bonchev–Trinajstić information content (AvgIpc) is 2.68. The van der Waals surface area contributed by atoms with Gasteiger partial charge in [0.15, 0.2) is 0 Å². The fourth-order valence-corrected chi connectivity index (χ4v) is 2.13. The van der Waals surface area contributed by atoms with Gasteiger partial charge in [-0.2, -0.15) is 5.10 Å². The monoisotopic (exact) mass is 459 g/mol. The molecular formula is C9H4FI2N3O2. The van der Waals surface area contributed by atoms with Gasteiger partial charge in [0.25, 0.3) is 5.69 Å². The van der Waals surface area contributed by atoms with Crippen molar-refractivity contribution in [2.45, 2.75) is 0 Å². The summed E-state index contributed by atoms with van der Waals surface area (Å²) in [5.41, 5.74) is -0.0499. The maximum atomic E-state index is 13.4. The molecule has 0 bridgehead atoms. The minimum absolute atomic E-state index is 0.121. The first-order valence-corrected chi connectivity index (χ1v) is 6.49. The quantitative estimate of drug-likeness (QED) is 0.394. The molecule has 0 fully saturated rings. The zero-order valence-electron chi connectivity index (χ0n) is 8.10. The molecule has 0 saturated carbocycles. The van der Waals surface area contributed by atoms with Crippen LogP contribution in [0.2, 0.25) is 0 Å². The van der Waals surface area contributed by atoms with E-state index in [4.69, 9.17) is 0 Å². The van der Waals surface area contributed by atoms with Crippen molar-refractivity contribution in [3.63, 3.8) is 0 Å². The van der Waals surface area contributed by atoms with E-state index in [2.05, 4.69) is 5.10 Å². The van der Waals surface area contributed by atoms with Crippen molar-refractivity contribution in [1.29, 1.82) is 0 Å². The number of rotatable bonds is 2. The maximum absolute atomic E-state index is 13.4. The van der Waals surface area contributed by atoms with Crippen LogP contribution in [0.3, 0.4) is 0 Å². The summed E-state index contributed by atoms with van der Waals surface area (Å²) in [7, 11) is 0. The SMILES string of the molecule is O=[N+]([O-])c1cc(I)c(F)cc1-n1cc(I)cn1. The minimum Gasteiger partial charge on any atom is -0.258 e. The molecule has 0 aliphatic carbocycles. The molecule has 0 amide bonds.